The molecule has 0 fully saturated rings. The van der Waals surface area contributed by atoms with Gasteiger partial charge in [-0.1, -0.05) is 35.3 Å². The second kappa shape index (κ2) is 10.8. The first-order chi connectivity index (χ1) is 16.1. The number of ether oxygens (including phenoxy) is 2. The Bertz CT molecular complexity index is 1310. The van der Waals surface area contributed by atoms with Crippen molar-refractivity contribution in [1.29, 1.82) is 0 Å². The molecule has 3 rings (SSSR count). The molecule has 0 aromatic heterocycles. The number of carbonyl (C=O) groups is 2. The maximum Gasteiger partial charge on any atom is 0.338 e. The molecule has 0 aliphatic carbocycles. The number of rotatable bonds is 8. The van der Waals surface area contributed by atoms with Crippen LogP contribution in [-0.2, 0) is 19.6 Å². The molecule has 34 heavy (non-hydrogen) atoms. The normalized spacial score (nSPS) is 11.9. The van der Waals surface area contributed by atoms with Crippen LogP contribution in [-0.4, -0.2) is 33.5 Å². The van der Waals surface area contributed by atoms with Gasteiger partial charge in [0.25, 0.3) is 15.9 Å². The average Bonchev–Trinajstić information content (AvgIpc) is 2.81. The zero-order chi connectivity index (χ0) is 24.9. The van der Waals surface area contributed by atoms with Crippen molar-refractivity contribution >= 4 is 56.5 Å². The summed E-state index contributed by atoms with van der Waals surface area (Å²) in [6.45, 7) is 1.43. The van der Waals surface area contributed by atoms with Gasteiger partial charge in [0.05, 0.1) is 33.3 Å². The molecule has 3 aromatic rings. The van der Waals surface area contributed by atoms with Crippen molar-refractivity contribution in [2.45, 2.75) is 17.9 Å². The highest BCUT2D eigenvalue weighted by atomic mass is 35.5. The molecule has 11 heteroatoms. The van der Waals surface area contributed by atoms with Gasteiger partial charge in [0.2, 0.25) is 0 Å². The number of amides is 1. The fourth-order valence-corrected chi connectivity index (χ4v) is 4.24. The number of anilines is 2. The largest absolute Gasteiger partial charge is 0.495 e. The van der Waals surface area contributed by atoms with Crippen molar-refractivity contribution in [2.75, 3.05) is 17.1 Å². The molecule has 1 atom stereocenters. The molecule has 8 nitrogen and oxygen atoms in total. The van der Waals surface area contributed by atoms with Crippen LogP contribution in [0.25, 0.3) is 0 Å². The highest BCUT2D eigenvalue weighted by Crippen LogP contribution is 2.26. The maximum atomic E-state index is 12.5. The van der Waals surface area contributed by atoms with Crippen molar-refractivity contribution in [3.63, 3.8) is 0 Å². The molecule has 178 valence electrons. The molecule has 0 saturated carbocycles. The lowest BCUT2D eigenvalue weighted by atomic mass is 10.2. The second-order valence-electron chi connectivity index (χ2n) is 7.00. The highest BCUT2D eigenvalue weighted by Gasteiger charge is 2.21. The summed E-state index contributed by atoms with van der Waals surface area (Å²) in [7, 11) is -2.45. The zero-order valence-corrected chi connectivity index (χ0v) is 20.4. The van der Waals surface area contributed by atoms with Gasteiger partial charge in [0.1, 0.15) is 5.75 Å². The van der Waals surface area contributed by atoms with Crippen LogP contribution in [0.2, 0.25) is 10.0 Å². The Morgan fingerprint density at radius 2 is 1.62 bits per heavy atom. The average molecular weight is 523 g/mol. The highest BCUT2D eigenvalue weighted by molar-refractivity contribution is 7.92. The van der Waals surface area contributed by atoms with E-state index in [1.165, 1.54) is 56.5 Å². The minimum Gasteiger partial charge on any atom is -0.495 e. The Morgan fingerprint density at radius 1 is 0.941 bits per heavy atom. The number of carbonyl (C=O) groups excluding carboxylic acids is 2. The third-order valence-corrected chi connectivity index (χ3v) is 6.71. The predicted molar refractivity (Wildman–Crippen MR) is 130 cm³/mol. The van der Waals surface area contributed by atoms with Crippen molar-refractivity contribution in [2.24, 2.45) is 0 Å². The van der Waals surface area contributed by atoms with Crippen molar-refractivity contribution < 1.29 is 27.5 Å². The van der Waals surface area contributed by atoms with Crippen LogP contribution in [0.4, 0.5) is 11.4 Å². The Labute approximate surface area is 206 Å². The summed E-state index contributed by atoms with van der Waals surface area (Å²) in [5, 5.41) is 2.97. The van der Waals surface area contributed by atoms with E-state index in [0.29, 0.717) is 11.4 Å². The molecule has 0 heterocycles. The molecule has 0 unspecified atom stereocenters. The van der Waals surface area contributed by atoms with Gasteiger partial charge in [-0.15, -0.1) is 0 Å². The standard InChI is InChI=1S/C23H20Cl2N2O6S/c1-14(22(28)26-20-5-3-4-6-21(20)32-2)33-23(29)15-7-9-16(10-8-15)27-34(30,31)17-11-12-18(24)19(25)13-17/h3-14,27H,1-2H3,(H,26,28)/t14-/m0/s1. The van der Waals surface area contributed by atoms with E-state index < -0.39 is 28.0 Å². The van der Waals surface area contributed by atoms with Gasteiger partial charge >= 0.3 is 5.97 Å². The minimum absolute atomic E-state index is 0.0692. The number of nitrogens with one attached hydrogen (secondary N) is 2. The first kappa shape index (κ1) is 25.4. The number of benzene rings is 3. The summed E-state index contributed by atoms with van der Waals surface area (Å²) in [4.78, 5) is 24.8. The van der Waals surface area contributed by atoms with E-state index in [4.69, 9.17) is 32.7 Å². The topological polar surface area (TPSA) is 111 Å². The lowest BCUT2D eigenvalue weighted by Gasteiger charge is -2.15. The van der Waals surface area contributed by atoms with E-state index in [-0.39, 0.29) is 26.2 Å². The summed E-state index contributed by atoms with van der Waals surface area (Å²) in [5.41, 5.74) is 0.788. The van der Waals surface area contributed by atoms with E-state index in [1.807, 2.05) is 0 Å². The molecule has 0 radical (unpaired) electrons. The Hall–Kier alpha value is -3.27. The number of sulfonamides is 1. The molecule has 2 N–H and O–H groups in total. The second-order valence-corrected chi connectivity index (χ2v) is 9.49. The van der Waals surface area contributed by atoms with E-state index in [1.54, 1.807) is 24.3 Å². The van der Waals surface area contributed by atoms with Crippen LogP contribution in [0, 0.1) is 0 Å². The quantitative estimate of drug-likeness (QED) is 0.403. The zero-order valence-electron chi connectivity index (χ0n) is 18.0. The smallest absolute Gasteiger partial charge is 0.338 e. The number of para-hydroxylation sites is 2. The monoisotopic (exact) mass is 522 g/mol. The van der Waals surface area contributed by atoms with Gasteiger partial charge in [0.15, 0.2) is 6.10 Å². The lowest BCUT2D eigenvalue weighted by molar-refractivity contribution is -0.123. The predicted octanol–water partition coefficient (Wildman–Crippen LogP) is 4.99. The Balaban J connectivity index is 1.63. The van der Waals surface area contributed by atoms with Gasteiger partial charge in [-0.2, -0.15) is 0 Å². The van der Waals surface area contributed by atoms with Gasteiger partial charge in [-0.05, 0) is 61.5 Å². The molecule has 1 amide bonds. The van der Waals surface area contributed by atoms with Crippen molar-refractivity contribution in [3.05, 3.63) is 82.3 Å². The number of hydrogen-bond donors (Lipinski definition) is 2. The number of methoxy groups -OCH3 is 1. The molecule has 0 bridgehead atoms. The molecule has 0 spiro atoms. The molecular formula is C23H20Cl2N2O6S. The first-order valence-electron chi connectivity index (χ1n) is 9.83. The Morgan fingerprint density at radius 3 is 2.26 bits per heavy atom. The van der Waals surface area contributed by atoms with Crippen LogP contribution in [0.1, 0.15) is 17.3 Å². The molecule has 0 aliphatic rings. The van der Waals surface area contributed by atoms with Gasteiger partial charge in [-0.3, -0.25) is 9.52 Å². The SMILES string of the molecule is COc1ccccc1NC(=O)[C@H](C)OC(=O)c1ccc(NS(=O)(=O)c2ccc(Cl)c(Cl)c2)cc1. The summed E-state index contributed by atoms with van der Waals surface area (Å²) in [6.07, 6.45) is -1.09. The van der Waals surface area contributed by atoms with Gasteiger partial charge in [0, 0.05) is 5.69 Å². The summed E-state index contributed by atoms with van der Waals surface area (Å²) in [6, 6.07) is 16.3. The van der Waals surface area contributed by atoms with E-state index in [0.717, 1.165) is 0 Å². The van der Waals surface area contributed by atoms with Crippen LogP contribution in [0.3, 0.4) is 0 Å². The third kappa shape index (κ3) is 6.19. The molecular weight excluding hydrogens is 503 g/mol. The third-order valence-electron chi connectivity index (χ3n) is 4.59. The number of halogens is 2. The summed E-state index contributed by atoms with van der Waals surface area (Å²) < 4.78 is 37.9. The van der Waals surface area contributed by atoms with Crippen LogP contribution in [0.5, 0.6) is 5.75 Å². The van der Waals surface area contributed by atoms with Crippen LogP contribution >= 0.6 is 23.2 Å². The fraction of sp³-hybridized carbons (Fsp3) is 0.130. The van der Waals surface area contributed by atoms with E-state index in [9.17, 15) is 18.0 Å². The van der Waals surface area contributed by atoms with E-state index in [2.05, 4.69) is 10.0 Å². The van der Waals surface area contributed by atoms with Gasteiger partial charge in [-0.25, -0.2) is 13.2 Å². The van der Waals surface area contributed by atoms with Crippen LogP contribution < -0.4 is 14.8 Å². The lowest BCUT2D eigenvalue weighted by Crippen LogP contribution is -2.30. The maximum absolute atomic E-state index is 12.5. The minimum atomic E-state index is -3.92. The molecule has 0 saturated heterocycles. The molecule has 0 aliphatic heterocycles. The fourth-order valence-electron chi connectivity index (χ4n) is 2.80. The van der Waals surface area contributed by atoms with Crippen molar-refractivity contribution in [1.82, 2.24) is 0 Å². The van der Waals surface area contributed by atoms with Gasteiger partial charge < -0.3 is 14.8 Å². The van der Waals surface area contributed by atoms with Crippen molar-refractivity contribution in [3.8, 4) is 5.75 Å². The molecule has 3 aromatic carbocycles. The first-order valence-corrected chi connectivity index (χ1v) is 12.1. The summed E-state index contributed by atoms with van der Waals surface area (Å²) in [5.74, 6) is -0.821. The summed E-state index contributed by atoms with van der Waals surface area (Å²) >= 11 is 11.7. The number of esters is 1. The number of hydrogen-bond acceptors (Lipinski definition) is 6. The van der Waals surface area contributed by atoms with E-state index >= 15 is 0 Å². The van der Waals surface area contributed by atoms with Crippen LogP contribution in [0.15, 0.2) is 71.6 Å². The Kier molecular flexibility index (Phi) is 8.03.